The number of aliphatic hydroxyl groups excluding tert-OH is 1. The quantitative estimate of drug-likeness (QED) is 0.0738. The van der Waals surface area contributed by atoms with E-state index in [1.54, 1.807) is 53.9 Å². The Morgan fingerprint density at radius 2 is 0.806 bits per heavy atom. The molecule has 3 N–H and O–H groups in total. The minimum absolute atomic E-state index is 0. The van der Waals surface area contributed by atoms with E-state index in [1.165, 1.54) is 90.7 Å². The number of pyridine rings is 4. The van der Waals surface area contributed by atoms with Gasteiger partial charge in [0, 0.05) is 69.3 Å². The molecule has 93 heavy (non-hydrogen) atoms. The van der Waals surface area contributed by atoms with E-state index in [9.17, 15) is 14.7 Å². The first-order valence-electron chi connectivity index (χ1n) is 31.1. The van der Waals surface area contributed by atoms with Crippen LogP contribution in [-0.2, 0) is 64.3 Å². The zero-order valence-electron chi connectivity index (χ0n) is 54.9. The van der Waals surface area contributed by atoms with Crippen molar-refractivity contribution in [1.29, 1.82) is 0 Å². The summed E-state index contributed by atoms with van der Waals surface area (Å²) < 4.78 is 41.9. The molecule has 4 aromatic carbocycles. The van der Waals surface area contributed by atoms with E-state index in [2.05, 4.69) is 129 Å². The van der Waals surface area contributed by atoms with Crippen LogP contribution in [0.3, 0.4) is 0 Å². The molecule has 0 saturated carbocycles. The number of fused-ring (bicyclic) bond motifs is 4. The van der Waals surface area contributed by atoms with Crippen molar-refractivity contribution in [3.63, 3.8) is 0 Å². The third kappa shape index (κ3) is 22.3. The number of carbonyl (C=O) groups is 2. The number of benzene rings is 4. The van der Waals surface area contributed by atoms with Crippen LogP contribution in [0.4, 0.5) is 9.59 Å². The number of rotatable bonds is 10. The van der Waals surface area contributed by atoms with Crippen LogP contribution in [0, 0.1) is 0 Å². The Labute approximate surface area is 571 Å². The number of aromatic nitrogens is 4. The van der Waals surface area contributed by atoms with Crippen LogP contribution in [0.15, 0.2) is 171 Å². The maximum Gasteiger partial charge on any atom is 1.00 e. The first-order valence-corrected chi connectivity index (χ1v) is 31.1. The molecular formula is C75H92N5NaO12. The first kappa shape index (κ1) is 76.6. The number of ether oxygens (including phenoxy) is 8. The maximum absolute atomic E-state index is 11.0. The summed E-state index contributed by atoms with van der Waals surface area (Å²) in [7, 11) is 1.95. The average Bonchev–Trinajstić information content (AvgIpc) is 1.73. The van der Waals surface area contributed by atoms with Gasteiger partial charge in [-0.15, -0.1) is 0 Å². The second kappa shape index (κ2) is 38.3. The zero-order valence-corrected chi connectivity index (χ0v) is 56.9. The molecule has 9 heterocycles. The summed E-state index contributed by atoms with van der Waals surface area (Å²) in [5.74, 6) is 0. The van der Waals surface area contributed by atoms with Crippen LogP contribution < -0.4 is 34.9 Å². The molecule has 1 fully saturated rings. The topological polar surface area (TPSA) is 222 Å². The number of hydrogen-bond donors (Lipinski definition) is 2. The Hall–Kier alpha value is -7.10. The van der Waals surface area contributed by atoms with E-state index in [0.29, 0.717) is 13.2 Å². The standard InChI is InChI=1S/C16H17NO.C15H16N2O.C15H15NO.C14H13NO2.C10H18O5.C4H8O.CH4.Na.H2O/c1-2-4-16-14-6-3-5-13(15(14)11-18-16)12-7-9-17-10-8-12;1-16-9-15-13-4-2-3-12(14(13)10-18-15)11-5-7-17-8-6-11;1-2-15-13-5-3-4-12(14(13)10-17-15)11-6-8-16-9-7-11;16-8-14-12-3-1-2-11(13(12)9-17-14)10-4-6-15-7-5-10;1-9(2,3)14-7(11)13-8(12)15-10(4,5)6;1-2-4-5-3-1;;;/h3,5-10,16H,2,4,11H2,1H3;2-8,15-16H,9-10H2,1H3;3-9,15H,2,10H2,1H3;1-7,14,16H,8-9H2;1-6H3;1-4H2;1H4;;1H2/q;;;;;;;+1;/p-1. The van der Waals surface area contributed by atoms with Gasteiger partial charge in [-0.05, 0) is 212 Å². The number of likely N-dealkylation sites (N-methyl/N-ethyl adjacent to an activating group) is 1. The van der Waals surface area contributed by atoms with Gasteiger partial charge >= 0.3 is 41.9 Å². The van der Waals surface area contributed by atoms with Crippen molar-refractivity contribution in [3.8, 4) is 44.5 Å². The summed E-state index contributed by atoms with van der Waals surface area (Å²) in [5, 5.41) is 12.4. The van der Waals surface area contributed by atoms with Crippen molar-refractivity contribution >= 4 is 12.3 Å². The van der Waals surface area contributed by atoms with E-state index in [0.717, 1.165) is 63.4 Å². The smallest absolute Gasteiger partial charge is 0.870 e. The van der Waals surface area contributed by atoms with Gasteiger partial charge in [0.2, 0.25) is 0 Å². The minimum atomic E-state index is -1.06. The van der Waals surface area contributed by atoms with Crippen LogP contribution in [0.1, 0.15) is 164 Å². The molecule has 13 rings (SSSR count). The van der Waals surface area contributed by atoms with Gasteiger partial charge in [0.1, 0.15) is 17.3 Å². The SMILES string of the molecule is C.C1CCOC1.CC(C)(C)OC(=O)OC(=O)OC(C)(C)C.CCC1OCc2c(-c3ccncc3)cccc21.CCCC1OCc2c(-c3ccncc3)cccc21.CNCC1OCc2c(-c3ccncc3)cccc21.OCC1OCc2c(-c3ccncc3)cccc21.[Na+].[OH-]. The molecular weight excluding hydrogens is 1190 g/mol. The molecule has 0 radical (unpaired) electrons. The van der Waals surface area contributed by atoms with Gasteiger partial charge in [0.15, 0.2) is 0 Å². The Morgan fingerprint density at radius 3 is 1.11 bits per heavy atom. The van der Waals surface area contributed by atoms with E-state index < -0.39 is 23.5 Å². The first-order chi connectivity index (χ1) is 43.6. The Balaban J connectivity index is 0.000000205. The van der Waals surface area contributed by atoms with Gasteiger partial charge in [-0.3, -0.25) is 19.9 Å². The molecule has 4 atom stereocenters. The fourth-order valence-electron chi connectivity index (χ4n) is 11.0. The largest absolute Gasteiger partial charge is 1.00 e. The molecule has 0 aliphatic carbocycles. The molecule has 4 unspecified atom stereocenters. The minimum Gasteiger partial charge on any atom is -0.870 e. The van der Waals surface area contributed by atoms with Crippen LogP contribution in [0.2, 0.25) is 0 Å². The molecule has 5 aliphatic rings. The molecule has 17 nitrogen and oxygen atoms in total. The molecule has 1 saturated heterocycles. The third-order valence-electron chi connectivity index (χ3n) is 15.2. The van der Waals surface area contributed by atoms with Crippen molar-refractivity contribution in [2.24, 2.45) is 0 Å². The van der Waals surface area contributed by atoms with Crippen molar-refractivity contribution in [2.75, 3.05) is 33.4 Å². The summed E-state index contributed by atoms with van der Waals surface area (Å²) in [6.45, 7) is 20.0. The normalized spacial score (nSPS) is 16.7. The van der Waals surface area contributed by atoms with Crippen molar-refractivity contribution in [2.45, 2.75) is 157 Å². The summed E-state index contributed by atoms with van der Waals surface area (Å²) >= 11 is 0. The van der Waals surface area contributed by atoms with Crippen LogP contribution in [0.25, 0.3) is 44.5 Å². The third-order valence-corrected chi connectivity index (χ3v) is 15.2. The van der Waals surface area contributed by atoms with E-state index in [-0.39, 0.29) is 73.5 Å². The second-order valence-electron chi connectivity index (χ2n) is 23.9. The fraction of sp³-hybridized carbons (Fsp3) is 0.387. The molecule has 0 spiro atoms. The Morgan fingerprint density at radius 1 is 0.495 bits per heavy atom. The summed E-state index contributed by atoms with van der Waals surface area (Å²) in [6, 6.07) is 41.8. The predicted octanol–water partition coefficient (Wildman–Crippen LogP) is 13.8. The average molecular weight is 1280 g/mol. The predicted molar refractivity (Wildman–Crippen MR) is 357 cm³/mol. The second-order valence-corrected chi connectivity index (χ2v) is 23.9. The Bertz CT molecular complexity index is 3280. The maximum atomic E-state index is 11.0. The van der Waals surface area contributed by atoms with Crippen LogP contribution in [-0.4, -0.2) is 87.4 Å². The van der Waals surface area contributed by atoms with Gasteiger partial charge in [-0.1, -0.05) is 100 Å². The van der Waals surface area contributed by atoms with Gasteiger partial charge < -0.3 is 53.8 Å². The van der Waals surface area contributed by atoms with Gasteiger partial charge in [0.05, 0.1) is 51.3 Å². The van der Waals surface area contributed by atoms with Crippen molar-refractivity contribution in [3.05, 3.63) is 215 Å². The number of carbonyl (C=O) groups excluding carboxylic acids is 2. The molecule has 490 valence electrons. The molecule has 0 amide bonds. The Kier molecular flexibility index (Phi) is 31.6. The number of hydrogen-bond acceptors (Lipinski definition) is 17. The van der Waals surface area contributed by atoms with Crippen molar-refractivity contribution < 1.29 is 87.6 Å². The number of nitrogens with zero attached hydrogens (tertiary/aromatic N) is 4. The summed E-state index contributed by atoms with van der Waals surface area (Å²) in [5.41, 5.74) is 18.7. The van der Waals surface area contributed by atoms with E-state index in [1.807, 2.05) is 80.6 Å². The summed E-state index contributed by atoms with van der Waals surface area (Å²) in [6.07, 6.45) is 18.9. The van der Waals surface area contributed by atoms with Crippen molar-refractivity contribution in [1.82, 2.24) is 25.3 Å². The number of nitrogens with one attached hydrogen (secondary N) is 1. The van der Waals surface area contributed by atoms with Gasteiger partial charge in [-0.2, -0.15) is 0 Å². The van der Waals surface area contributed by atoms with Gasteiger partial charge in [0.25, 0.3) is 0 Å². The van der Waals surface area contributed by atoms with E-state index >= 15 is 0 Å². The van der Waals surface area contributed by atoms with Crippen LogP contribution >= 0.6 is 0 Å². The zero-order chi connectivity index (χ0) is 63.9. The van der Waals surface area contributed by atoms with Gasteiger partial charge in [-0.25, -0.2) is 9.59 Å². The molecule has 18 heteroatoms. The molecule has 8 aromatic rings. The monoisotopic (exact) mass is 1280 g/mol. The van der Waals surface area contributed by atoms with E-state index in [4.69, 9.17) is 33.2 Å². The number of aliphatic hydroxyl groups is 1. The molecule has 0 bridgehead atoms. The van der Waals surface area contributed by atoms with Crippen LogP contribution in [0.5, 0.6) is 0 Å². The molecule has 5 aliphatic heterocycles. The summed E-state index contributed by atoms with van der Waals surface area (Å²) in [4.78, 5) is 38.3. The fourth-order valence-corrected chi connectivity index (χ4v) is 11.0. The molecule has 4 aromatic heterocycles.